The number of amides is 1. The molecule has 84 valence electrons. The highest BCUT2D eigenvalue weighted by Crippen LogP contribution is 2.01. The third-order valence-electron chi connectivity index (χ3n) is 2.06. The van der Waals surface area contributed by atoms with E-state index in [1.165, 1.54) is 0 Å². The van der Waals surface area contributed by atoms with E-state index in [0.29, 0.717) is 12.3 Å². The Bertz CT molecular complexity index is 157. The van der Waals surface area contributed by atoms with Crippen LogP contribution in [0.2, 0.25) is 0 Å². The molecule has 0 spiro atoms. The van der Waals surface area contributed by atoms with E-state index >= 15 is 0 Å². The van der Waals surface area contributed by atoms with Gasteiger partial charge >= 0.3 is 0 Å². The molecule has 0 saturated heterocycles. The first-order chi connectivity index (χ1) is 6.57. The van der Waals surface area contributed by atoms with Gasteiger partial charge in [0.25, 0.3) is 0 Å². The lowest BCUT2D eigenvalue weighted by Gasteiger charge is -2.18. The van der Waals surface area contributed by atoms with Gasteiger partial charge in [-0.15, -0.1) is 0 Å². The lowest BCUT2D eigenvalue weighted by Crippen LogP contribution is -2.34. The van der Waals surface area contributed by atoms with Gasteiger partial charge < -0.3 is 10.2 Å². The molecule has 0 heterocycles. The fraction of sp³-hybridized carbons (Fsp3) is 0.909. The summed E-state index contributed by atoms with van der Waals surface area (Å²) in [5.41, 5.74) is 0. The monoisotopic (exact) mass is 200 g/mol. The van der Waals surface area contributed by atoms with E-state index in [0.717, 1.165) is 26.1 Å². The maximum absolute atomic E-state index is 11.5. The molecule has 0 radical (unpaired) electrons. The van der Waals surface area contributed by atoms with Crippen LogP contribution in [0.1, 0.15) is 33.6 Å². The van der Waals surface area contributed by atoms with Crippen molar-refractivity contribution in [3.05, 3.63) is 0 Å². The van der Waals surface area contributed by atoms with Gasteiger partial charge in [-0.25, -0.2) is 0 Å². The average molecular weight is 200 g/mol. The van der Waals surface area contributed by atoms with Crippen LogP contribution >= 0.6 is 0 Å². The number of hydrogen-bond acceptors (Lipinski definition) is 2. The zero-order chi connectivity index (χ0) is 11.0. The second kappa shape index (κ2) is 7.80. The maximum atomic E-state index is 11.5. The van der Waals surface area contributed by atoms with Crippen molar-refractivity contribution in [2.75, 3.05) is 26.7 Å². The fourth-order valence-electron chi connectivity index (χ4n) is 1.18. The maximum Gasteiger partial charge on any atom is 0.222 e. The van der Waals surface area contributed by atoms with Gasteiger partial charge in [-0.2, -0.15) is 0 Å². The lowest BCUT2D eigenvalue weighted by atomic mass is 10.1. The van der Waals surface area contributed by atoms with E-state index in [1.807, 2.05) is 11.9 Å². The molecule has 0 aromatic carbocycles. The first-order valence-electron chi connectivity index (χ1n) is 5.52. The first kappa shape index (κ1) is 13.4. The molecule has 0 aliphatic heterocycles. The molecule has 0 fully saturated rings. The number of carbonyl (C=O) groups is 1. The minimum atomic E-state index is 0.248. The van der Waals surface area contributed by atoms with E-state index in [-0.39, 0.29) is 5.91 Å². The Morgan fingerprint density at radius 1 is 1.36 bits per heavy atom. The summed E-state index contributed by atoms with van der Waals surface area (Å²) in [5, 5.41) is 3.28. The highest BCUT2D eigenvalue weighted by atomic mass is 16.2. The standard InChI is InChI=1S/C11H24N2O/c1-5-6-12-7-8-13(4)11(14)9-10(2)3/h10,12H,5-9H2,1-4H3. The van der Waals surface area contributed by atoms with Crippen LogP contribution in [0, 0.1) is 5.92 Å². The smallest absolute Gasteiger partial charge is 0.222 e. The summed E-state index contributed by atoms with van der Waals surface area (Å²) in [6.45, 7) is 9.02. The van der Waals surface area contributed by atoms with Gasteiger partial charge in [0.05, 0.1) is 0 Å². The van der Waals surface area contributed by atoms with Gasteiger partial charge in [0.2, 0.25) is 5.91 Å². The van der Waals surface area contributed by atoms with Crippen molar-refractivity contribution in [3.8, 4) is 0 Å². The molecule has 0 unspecified atom stereocenters. The number of nitrogens with one attached hydrogen (secondary N) is 1. The number of carbonyl (C=O) groups excluding carboxylic acids is 1. The van der Waals surface area contributed by atoms with Crippen LogP contribution in [0.15, 0.2) is 0 Å². The van der Waals surface area contributed by atoms with Crippen LogP contribution in [0.5, 0.6) is 0 Å². The van der Waals surface area contributed by atoms with Crippen molar-refractivity contribution in [3.63, 3.8) is 0 Å². The molecule has 1 amide bonds. The third kappa shape index (κ3) is 6.89. The molecule has 14 heavy (non-hydrogen) atoms. The van der Waals surface area contributed by atoms with E-state index in [4.69, 9.17) is 0 Å². The number of rotatable bonds is 7. The number of nitrogens with zero attached hydrogens (tertiary/aromatic N) is 1. The van der Waals surface area contributed by atoms with Crippen molar-refractivity contribution in [1.29, 1.82) is 0 Å². The van der Waals surface area contributed by atoms with Crippen LogP contribution < -0.4 is 5.32 Å². The number of likely N-dealkylation sites (N-methyl/N-ethyl adjacent to an activating group) is 1. The largest absolute Gasteiger partial charge is 0.344 e. The molecule has 0 saturated carbocycles. The molecule has 0 aromatic heterocycles. The van der Waals surface area contributed by atoms with Crippen molar-refractivity contribution < 1.29 is 4.79 Å². The van der Waals surface area contributed by atoms with Crippen molar-refractivity contribution >= 4 is 5.91 Å². The highest BCUT2D eigenvalue weighted by Gasteiger charge is 2.09. The molecule has 0 aromatic rings. The number of hydrogen-bond donors (Lipinski definition) is 1. The summed E-state index contributed by atoms with van der Waals surface area (Å²) in [4.78, 5) is 13.3. The Morgan fingerprint density at radius 3 is 2.50 bits per heavy atom. The van der Waals surface area contributed by atoms with Gasteiger partial charge in [0, 0.05) is 26.6 Å². The minimum Gasteiger partial charge on any atom is -0.344 e. The fourth-order valence-corrected chi connectivity index (χ4v) is 1.18. The second-order valence-corrected chi connectivity index (χ2v) is 4.16. The predicted molar refractivity (Wildman–Crippen MR) is 60.3 cm³/mol. The summed E-state index contributed by atoms with van der Waals surface area (Å²) in [5.74, 6) is 0.701. The van der Waals surface area contributed by atoms with Crippen LogP contribution in [0.25, 0.3) is 0 Å². The average Bonchev–Trinajstić information content (AvgIpc) is 2.11. The zero-order valence-corrected chi connectivity index (χ0v) is 9.97. The Morgan fingerprint density at radius 2 is 2.00 bits per heavy atom. The predicted octanol–water partition coefficient (Wildman–Crippen LogP) is 1.49. The normalized spacial score (nSPS) is 10.6. The van der Waals surface area contributed by atoms with Crippen LogP contribution in [-0.2, 0) is 4.79 Å². The zero-order valence-electron chi connectivity index (χ0n) is 9.97. The Hall–Kier alpha value is -0.570. The molecule has 3 heteroatoms. The summed E-state index contributed by atoms with van der Waals surface area (Å²) in [6.07, 6.45) is 1.80. The van der Waals surface area contributed by atoms with Crippen LogP contribution in [-0.4, -0.2) is 37.5 Å². The second-order valence-electron chi connectivity index (χ2n) is 4.16. The van der Waals surface area contributed by atoms with Gasteiger partial charge in [0.15, 0.2) is 0 Å². The summed E-state index contributed by atoms with van der Waals surface area (Å²) in [6, 6.07) is 0. The molecule has 0 aliphatic rings. The van der Waals surface area contributed by atoms with Crippen LogP contribution in [0.3, 0.4) is 0 Å². The summed E-state index contributed by atoms with van der Waals surface area (Å²) >= 11 is 0. The molecule has 0 rings (SSSR count). The first-order valence-corrected chi connectivity index (χ1v) is 5.52. The summed E-state index contributed by atoms with van der Waals surface area (Å²) in [7, 11) is 1.87. The van der Waals surface area contributed by atoms with Crippen LogP contribution in [0.4, 0.5) is 0 Å². The van der Waals surface area contributed by atoms with E-state index in [9.17, 15) is 4.79 Å². The molecule has 0 bridgehead atoms. The third-order valence-corrected chi connectivity index (χ3v) is 2.06. The van der Waals surface area contributed by atoms with E-state index in [1.54, 1.807) is 0 Å². The molecular formula is C11H24N2O. The highest BCUT2D eigenvalue weighted by molar-refractivity contribution is 5.76. The van der Waals surface area contributed by atoms with Gasteiger partial charge in [-0.3, -0.25) is 4.79 Å². The van der Waals surface area contributed by atoms with Gasteiger partial charge in [-0.1, -0.05) is 20.8 Å². The van der Waals surface area contributed by atoms with E-state index < -0.39 is 0 Å². The molecule has 3 nitrogen and oxygen atoms in total. The Labute approximate surface area is 87.9 Å². The quantitative estimate of drug-likeness (QED) is 0.632. The Kier molecular flexibility index (Phi) is 7.48. The van der Waals surface area contributed by atoms with Crippen molar-refractivity contribution in [1.82, 2.24) is 10.2 Å². The molecule has 0 aliphatic carbocycles. The SMILES string of the molecule is CCCNCCN(C)C(=O)CC(C)C. The Balaban J connectivity index is 3.52. The molecule has 0 atom stereocenters. The molecular weight excluding hydrogens is 176 g/mol. The summed E-state index contributed by atoms with van der Waals surface area (Å²) < 4.78 is 0. The molecule has 1 N–H and O–H groups in total. The lowest BCUT2D eigenvalue weighted by molar-refractivity contribution is -0.130. The topological polar surface area (TPSA) is 32.3 Å². The minimum absolute atomic E-state index is 0.248. The van der Waals surface area contributed by atoms with Gasteiger partial charge in [0.1, 0.15) is 0 Å². The van der Waals surface area contributed by atoms with Crippen molar-refractivity contribution in [2.24, 2.45) is 5.92 Å². The van der Waals surface area contributed by atoms with Crippen molar-refractivity contribution in [2.45, 2.75) is 33.6 Å². The van der Waals surface area contributed by atoms with Gasteiger partial charge in [-0.05, 0) is 18.9 Å². The van der Waals surface area contributed by atoms with E-state index in [2.05, 4.69) is 26.1 Å².